The van der Waals surface area contributed by atoms with E-state index in [1.807, 2.05) is 0 Å². The average molecular weight is 413 g/mol. The van der Waals surface area contributed by atoms with Gasteiger partial charge in [-0.25, -0.2) is 13.8 Å². The van der Waals surface area contributed by atoms with Crippen molar-refractivity contribution in [3.8, 4) is 0 Å². The molecule has 0 saturated carbocycles. The second kappa shape index (κ2) is 9.25. The second-order valence-electron chi connectivity index (χ2n) is 6.68. The lowest BCUT2D eigenvalue weighted by Gasteiger charge is -2.25. The SMILES string of the molecule is CN=Cc1ccc(C(=O)Nc2ccc(F)c([C@@H]3C(C)=CN=C(N)O[C@@H]3CF)c2)nc1. The van der Waals surface area contributed by atoms with Gasteiger partial charge in [-0.15, -0.1) is 0 Å². The summed E-state index contributed by atoms with van der Waals surface area (Å²) < 4.78 is 33.6. The summed E-state index contributed by atoms with van der Waals surface area (Å²) in [6.45, 7) is 0.800. The molecule has 1 aromatic carbocycles. The molecule has 30 heavy (non-hydrogen) atoms. The zero-order chi connectivity index (χ0) is 21.7. The molecule has 1 aliphatic rings. The highest BCUT2D eigenvalue weighted by atomic mass is 19.1. The summed E-state index contributed by atoms with van der Waals surface area (Å²) in [4.78, 5) is 24.4. The average Bonchev–Trinajstić information content (AvgIpc) is 2.88. The van der Waals surface area contributed by atoms with Crippen molar-refractivity contribution in [1.82, 2.24) is 4.98 Å². The van der Waals surface area contributed by atoms with Gasteiger partial charge in [0, 0.05) is 48.4 Å². The van der Waals surface area contributed by atoms with Crippen molar-refractivity contribution >= 4 is 23.8 Å². The van der Waals surface area contributed by atoms with E-state index >= 15 is 0 Å². The summed E-state index contributed by atoms with van der Waals surface area (Å²) in [5.41, 5.74) is 7.60. The Hall–Kier alpha value is -3.62. The first kappa shape index (κ1) is 21.1. The van der Waals surface area contributed by atoms with Gasteiger partial charge in [-0.3, -0.25) is 14.8 Å². The first-order valence-corrected chi connectivity index (χ1v) is 9.14. The van der Waals surface area contributed by atoms with Gasteiger partial charge in [0.1, 0.15) is 24.3 Å². The highest BCUT2D eigenvalue weighted by Crippen LogP contribution is 2.34. The van der Waals surface area contributed by atoms with E-state index in [9.17, 15) is 13.6 Å². The molecule has 9 heteroatoms. The smallest absolute Gasteiger partial charge is 0.286 e. The van der Waals surface area contributed by atoms with E-state index in [4.69, 9.17) is 10.5 Å². The number of nitrogens with zero attached hydrogens (tertiary/aromatic N) is 3. The fraction of sp³-hybridized carbons (Fsp3) is 0.238. The highest BCUT2D eigenvalue weighted by molar-refractivity contribution is 6.03. The van der Waals surface area contributed by atoms with Gasteiger partial charge >= 0.3 is 0 Å². The van der Waals surface area contributed by atoms with Gasteiger partial charge in [0.15, 0.2) is 0 Å². The maximum atomic E-state index is 14.6. The first-order chi connectivity index (χ1) is 14.4. The zero-order valence-corrected chi connectivity index (χ0v) is 16.5. The number of pyridine rings is 1. The number of benzene rings is 1. The Bertz CT molecular complexity index is 1020. The van der Waals surface area contributed by atoms with Gasteiger partial charge in [-0.05, 0) is 42.8 Å². The van der Waals surface area contributed by atoms with Crippen LogP contribution in [-0.2, 0) is 4.74 Å². The molecule has 3 N–H and O–H groups in total. The molecule has 0 unspecified atom stereocenters. The van der Waals surface area contributed by atoms with Crippen LogP contribution >= 0.6 is 0 Å². The number of nitrogens with two attached hydrogens (primary N) is 1. The monoisotopic (exact) mass is 413 g/mol. The van der Waals surface area contributed by atoms with Crippen molar-refractivity contribution in [2.24, 2.45) is 15.7 Å². The van der Waals surface area contributed by atoms with E-state index in [2.05, 4.69) is 20.3 Å². The topological polar surface area (TPSA) is 102 Å². The number of anilines is 1. The maximum absolute atomic E-state index is 14.6. The van der Waals surface area contributed by atoms with Crippen LogP contribution in [0.1, 0.15) is 34.5 Å². The Labute approximate surface area is 172 Å². The van der Waals surface area contributed by atoms with Crippen LogP contribution in [0.25, 0.3) is 0 Å². The fourth-order valence-electron chi connectivity index (χ4n) is 3.18. The van der Waals surface area contributed by atoms with Gasteiger partial charge in [-0.2, -0.15) is 0 Å². The molecule has 2 heterocycles. The minimum Gasteiger partial charge on any atom is -0.458 e. The number of halogens is 2. The number of carbonyl (C=O) groups excluding carboxylic acids is 1. The Balaban J connectivity index is 1.87. The first-order valence-electron chi connectivity index (χ1n) is 9.14. The van der Waals surface area contributed by atoms with Crippen LogP contribution in [0.2, 0.25) is 0 Å². The van der Waals surface area contributed by atoms with E-state index in [0.717, 1.165) is 5.56 Å². The summed E-state index contributed by atoms with van der Waals surface area (Å²) in [6.07, 6.45) is 3.52. The third-order valence-electron chi connectivity index (χ3n) is 4.57. The van der Waals surface area contributed by atoms with Gasteiger partial charge in [-0.1, -0.05) is 0 Å². The summed E-state index contributed by atoms with van der Waals surface area (Å²) in [5.74, 6) is -1.79. The van der Waals surface area contributed by atoms with Gasteiger partial charge in [0.05, 0.1) is 0 Å². The zero-order valence-electron chi connectivity index (χ0n) is 16.5. The molecular formula is C21H21F2N5O2. The van der Waals surface area contributed by atoms with Crippen LogP contribution in [0.3, 0.4) is 0 Å². The molecule has 3 rings (SSSR count). The van der Waals surface area contributed by atoms with Gasteiger partial charge < -0.3 is 15.8 Å². The summed E-state index contributed by atoms with van der Waals surface area (Å²) in [5, 5.41) is 2.68. The predicted molar refractivity (Wildman–Crippen MR) is 111 cm³/mol. The number of hydrogen-bond acceptors (Lipinski definition) is 6. The van der Waals surface area contributed by atoms with E-state index in [-0.39, 0.29) is 17.3 Å². The van der Waals surface area contributed by atoms with Gasteiger partial charge in [0.25, 0.3) is 11.9 Å². The van der Waals surface area contributed by atoms with Crippen molar-refractivity contribution in [2.75, 3.05) is 19.0 Å². The van der Waals surface area contributed by atoms with Crippen molar-refractivity contribution in [2.45, 2.75) is 18.9 Å². The normalized spacial score (nSPS) is 18.9. The third-order valence-corrected chi connectivity index (χ3v) is 4.57. The number of amidine groups is 1. The quantitative estimate of drug-likeness (QED) is 0.735. The number of rotatable bonds is 5. The molecule has 0 bridgehead atoms. The van der Waals surface area contributed by atoms with Crippen molar-refractivity contribution in [1.29, 1.82) is 0 Å². The molecule has 7 nitrogen and oxygen atoms in total. The van der Waals surface area contributed by atoms with E-state index in [1.165, 1.54) is 30.6 Å². The van der Waals surface area contributed by atoms with Crippen LogP contribution in [0.5, 0.6) is 0 Å². The van der Waals surface area contributed by atoms with Crippen LogP contribution in [0, 0.1) is 5.82 Å². The Morgan fingerprint density at radius 3 is 2.83 bits per heavy atom. The molecule has 0 aliphatic carbocycles. The van der Waals surface area contributed by atoms with Crippen LogP contribution in [-0.4, -0.2) is 43.0 Å². The minimum atomic E-state index is -1.04. The number of nitrogens with one attached hydrogen (secondary N) is 1. The third kappa shape index (κ3) is 4.68. The lowest BCUT2D eigenvalue weighted by atomic mass is 9.87. The van der Waals surface area contributed by atoms with E-state index < -0.39 is 30.4 Å². The van der Waals surface area contributed by atoms with Crippen molar-refractivity contribution in [3.05, 3.63) is 70.9 Å². The van der Waals surface area contributed by atoms with E-state index in [0.29, 0.717) is 11.3 Å². The largest absolute Gasteiger partial charge is 0.458 e. The van der Waals surface area contributed by atoms with Crippen LogP contribution < -0.4 is 11.1 Å². The molecule has 0 radical (unpaired) electrons. The number of ether oxygens (including phenoxy) is 1. The van der Waals surface area contributed by atoms with Crippen molar-refractivity contribution in [3.63, 3.8) is 0 Å². The van der Waals surface area contributed by atoms with Crippen LogP contribution in [0.4, 0.5) is 14.5 Å². The van der Waals surface area contributed by atoms with Gasteiger partial charge in [0.2, 0.25) is 0 Å². The predicted octanol–water partition coefficient (Wildman–Crippen LogP) is 3.19. The number of alkyl halides is 1. The summed E-state index contributed by atoms with van der Waals surface area (Å²) in [6, 6.07) is 7.14. The highest BCUT2D eigenvalue weighted by Gasteiger charge is 2.31. The number of carbonyl (C=O) groups is 1. The molecule has 0 saturated heterocycles. The molecule has 1 amide bonds. The number of aliphatic imine (C=N–C) groups is 2. The number of amides is 1. The standard InChI is InChI=1S/C21H21F2N5O2/c1-12-9-27-21(24)30-18(8-22)19(12)15-7-14(4-5-16(15)23)28-20(29)17-6-3-13(10-25-2)11-26-17/h3-7,9-11,18-19H,8H2,1-2H3,(H2,24,27)(H,28,29)/t18-,19+/m1/s1. The Kier molecular flexibility index (Phi) is 6.51. The molecule has 0 spiro atoms. The molecule has 0 fully saturated rings. The lowest BCUT2D eigenvalue weighted by Crippen LogP contribution is -2.30. The molecular weight excluding hydrogens is 392 g/mol. The van der Waals surface area contributed by atoms with Crippen molar-refractivity contribution < 1.29 is 18.3 Å². The second-order valence-corrected chi connectivity index (χ2v) is 6.68. The maximum Gasteiger partial charge on any atom is 0.286 e. The molecule has 2 aromatic rings. The van der Waals surface area contributed by atoms with Crippen LogP contribution in [0.15, 0.2) is 58.3 Å². The molecule has 156 valence electrons. The molecule has 1 aromatic heterocycles. The molecule has 2 atom stereocenters. The molecule has 1 aliphatic heterocycles. The Morgan fingerprint density at radius 1 is 1.37 bits per heavy atom. The summed E-state index contributed by atoms with van der Waals surface area (Å²) in [7, 11) is 1.64. The lowest BCUT2D eigenvalue weighted by molar-refractivity contribution is 0.102. The summed E-state index contributed by atoms with van der Waals surface area (Å²) >= 11 is 0. The fourth-order valence-corrected chi connectivity index (χ4v) is 3.18. The number of hydrogen-bond donors (Lipinski definition) is 2. The minimum absolute atomic E-state index is 0.163. The van der Waals surface area contributed by atoms with E-state index in [1.54, 1.807) is 32.3 Å². The number of aromatic nitrogens is 1. The Morgan fingerprint density at radius 2 is 2.17 bits per heavy atom.